The van der Waals surface area contributed by atoms with Crippen LogP contribution in [0.25, 0.3) is 0 Å². The van der Waals surface area contributed by atoms with Crippen molar-refractivity contribution in [1.29, 1.82) is 0 Å². The molecule has 0 saturated carbocycles. The van der Waals surface area contributed by atoms with Crippen molar-refractivity contribution in [2.45, 2.75) is 38.0 Å². The van der Waals surface area contributed by atoms with Gasteiger partial charge in [-0.1, -0.05) is 30.3 Å². The van der Waals surface area contributed by atoms with Crippen LogP contribution in [-0.2, 0) is 9.59 Å². The largest absolute Gasteiger partial charge is 0.481 e. The maximum atomic E-state index is 12.3. The summed E-state index contributed by atoms with van der Waals surface area (Å²) in [4.78, 5) is 25.2. The maximum Gasteiger partial charge on any atom is 0.303 e. The van der Waals surface area contributed by atoms with E-state index in [1.807, 2.05) is 35.2 Å². The molecule has 0 aliphatic carbocycles. The van der Waals surface area contributed by atoms with Crippen LogP contribution in [0.3, 0.4) is 0 Å². The standard InChI is InChI=1S/C16H21NO3/c18-15(17-9-5-2-6-10-17)11-14(12-16(19)20)13-7-3-1-4-8-13/h1,3-4,7-8,14H,2,5-6,9-12H2,(H,19,20). The lowest BCUT2D eigenvalue weighted by molar-refractivity contribution is -0.138. The third-order valence-corrected chi connectivity index (χ3v) is 3.82. The molecule has 2 rings (SSSR count). The number of aliphatic carboxylic acids is 1. The Hall–Kier alpha value is -1.84. The number of benzene rings is 1. The van der Waals surface area contributed by atoms with Crippen LogP contribution in [0.15, 0.2) is 30.3 Å². The number of carbonyl (C=O) groups is 2. The summed E-state index contributed by atoms with van der Waals surface area (Å²) in [5, 5.41) is 9.04. The first kappa shape index (κ1) is 14.6. The molecule has 1 N–H and O–H groups in total. The Morgan fingerprint density at radius 1 is 1.05 bits per heavy atom. The van der Waals surface area contributed by atoms with Crippen molar-refractivity contribution in [3.8, 4) is 0 Å². The predicted molar refractivity (Wildman–Crippen MR) is 76.5 cm³/mol. The smallest absolute Gasteiger partial charge is 0.303 e. The fourth-order valence-corrected chi connectivity index (χ4v) is 2.73. The second-order valence-electron chi connectivity index (χ2n) is 5.35. The molecular weight excluding hydrogens is 254 g/mol. The molecule has 1 aliphatic rings. The number of piperidine rings is 1. The van der Waals surface area contributed by atoms with Gasteiger partial charge in [-0.25, -0.2) is 0 Å². The van der Waals surface area contributed by atoms with Gasteiger partial charge in [0.05, 0.1) is 6.42 Å². The summed E-state index contributed by atoms with van der Waals surface area (Å²) in [7, 11) is 0. The lowest BCUT2D eigenvalue weighted by Crippen LogP contribution is -2.36. The normalized spacial score (nSPS) is 16.7. The predicted octanol–water partition coefficient (Wildman–Crippen LogP) is 2.65. The molecule has 1 atom stereocenters. The van der Waals surface area contributed by atoms with E-state index in [-0.39, 0.29) is 24.7 Å². The van der Waals surface area contributed by atoms with Gasteiger partial charge in [-0.15, -0.1) is 0 Å². The Morgan fingerprint density at radius 3 is 2.30 bits per heavy atom. The number of hydrogen-bond acceptors (Lipinski definition) is 2. The van der Waals surface area contributed by atoms with Crippen LogP contribution in [0.1, 0.15) is 43.6 Å². The minimum Gasteiger partial charge on any atom is -0.481 e. The highest BCUT2D eigenvalue weighted by Gasteiger charge is 2.23. The van der Waals surface area contributed by atoms with E-state index in [0.717, 1.165) is 31.5 Å². The van der Waals surface area contributed by atoms with Gasteiger partial charge in [0, 0.05) is 25.4 Å². The van der Waals surface area contributed by atoms with Gasteiger partial charge in [0.2, 0.25) is 5.91 Å². The number of rotatable bonds is 5. The molecule has 0 aromatic heterocycles. The minimum atomic E-state index is -0.856. The first-order chi connectivity index (χ1) is 9.66. The van der Waals surface area contributed by atoms with Gasteiger partial charge in [-0.2, -0.15) is 0 Å². The molecular formula is C16H21NO3. The Labute approximate surface area is 119 Å². The van der Waals surface area contributed by atoms with E-state index >= 15 is 0 Å². The summed E-state index contributed by atoms with van der Waals surface area (Å²) in [6.07, 6.45) is 3.59. The molecule has 0 radical (unpaired) electrons. The summed E-state index contributed by atoms with van der Waals surface area (Å²) in [5.41, 5.74) is 0.931. The van der Waals surface area contributed by atoms with Crippen LogP contribution in [0.2, 0.25) is 0 Å². The van der Waals surface area contributed by atoms with Gasteiger partial charge >= 0.3 is 5.97 Å². The molecule has 0 bridgehead atoms. The third-order valence-electron chi connectivity index (χ3n) is 3.82. The Morgan fingerprint density at radius 2 is 1.70 bits per heavy atom. The molecule has 0 spiro atoms. The lowest BCUT2D eigenvalue weighted by atomic mass is 9.91. The molecule has 1 amide bonds. The summed E-state index contributed by atoms with van der Waals surface area (Å²) >= 11 is 0. The second kappa shape index (κ2) is 7.08. The Kier molecular flexibility index (Phi) is 5.16. The van der Waals surface area contributed by atoms with Crippen LogP contribution in [0, 0.1) is 0 Å². The molecule has 1 saturated heterocycles. The molecule has 20 heavy (non-hydrogen) atoms. The minimum absolute atomic E-state index is 0.00356. The molecule has 4 nitrogen and oxygen atoms in total. The highest BCUT2D eigenvalue weighted by Crippen LogP contribution is 2.25. The molecule has 4 heteroatoms. The van der Waals surface area contributed by atoms with E-state index in [9.17, 15) is 9.59 Å². The van der Waals surface area contributed by atoms with Gasteiger partial charge in [0.1, 0.15) is 0 Å². The van der Waals surface area contributed by atoms with Crippen LogP contribution in [-0.4, -0.2) is 35.0 Å². The summed E-state index contributed by atoms with van der Waals surface area (Å²) < 4.78 is 0. The highest BCUT2D eigenvalue weighted by molar-refractivity contribution is 5.78. The van der Waals surface area contributed by atoms with Gasteiger partial charge < -0.3 is 10.0 Å². The van der Waals surface area contributed by atoms with Gasteiger partial charge in [-0.05, 0) is 24.8 Å². The first-order valence-electron chi connectivity index (χ1n) is 7.21. The molecule has 1 aromatic carbocycles. The number of carboxylic acid groups (broad SMARTS) is 1. The summed E-state index contributed by atoms with van der Waals surface area (Å²) in [6.45, 7) is 1.63. The first-order valence-corrected chi connectivity index (χ1v) is 7.21. The molecule has 108 valence electrons. The fraction of sp³-hybridized carbons (Fsp3) is 0.500. The van der Waals surface area contributed by atoms with Crippen molar-refractivity contribution in [3.63, 3.8) is 0 Å². The number of carboxylic acids is 1. The monoisotopic (exact) mass is 275 g/mol. The van der Waals surface area contributed by atoms with Crippen LogP contribution >= 0.6 is 0 Å². The van der Waals surface area contributed by atoms with Gasteiger partial charge in [0.15, 0.2) is 0 Å². The average molecular weight is 275 g/mol. The molecule has 1 aromatic rings. The van der Waals surface area contributed by atoms with Crippen LogP contribution in [0.5, 0.6) is 0 Å². The molecule has 1 aliphatic heterocycles. The van der Waals surface area contributed by atoms with E-state index in [4.69, 9.17) is 5.11 Å². The van der Waals surface area contributed by atoms with Crippen molar-refractivity contribution in [2.24, 2.45) is 0 Å². The zero-order valence-electron chi connectivity index (χ0n) is 11.6. The zero-order chi connectivity index (χ0) is 14.4. The number of carbonyl (C=O) groups excluding carboxylic acids is 1. The lowest BCUT2D eigenvalue weighted by Gasteiger charge is -2.28. The SMILES string of the molecule is O=C(O)CC(CC(=O)N1CCCCC1)c1ccccc1. The zero-order valence-corrected chi connectivity index (χ0v) is 11.6. The van der Waals surface area contributed by atoms with E-state index in [2.05, 4.69) is 0 Å². The van der Waals surface area contributed by atoms with Crippen molar-refractivity contribution < 1.29 is 14.7 Å². The van der Waals surface area contributed by atoms with Crippen LogP contribution in [0.4, 0.5) is 0 Å². The van der Waals surface area contributed by atoms with E-state index < -0.39 is 5.97 Å². The number of hydrogen-bond donors (Lipinski definition) is 1. The second-order valence-corrected chi connectivity index (χ2v) is 5.35. The molecule has 1 unspecified atom stereocenters. The van der Waals surface area contributed by atoms with Crippen molar-refractivity contribution in [1.82, 2.24) is 4.90 Å². The fourth-order valence-electron chi connectivity index (χ4n) is 2.73. The Bertz CT molecular complexity index is 452. The van der Waals surface area contributed by atoms with Crippen molar-refractivity contribution in [3.05, 3.63) is 35.9 Å². The molecule has 1 heterocycles. The summed E-state index contributed by atoms with van der Waals surface area (Å²) in [6, 6.07) is 9.47. The number of likely N-dealkylation sites (tertiary alicyclic amines) is 1. The highest BCUT2D eigenvalue weighted by atomic mass is 16.4. The van der Waals surface area contributed by atoms with Gasteiger partial charge in [0.25, 0.3) is 0 Å². The number of nitrogens with zero attached hydrogens (tertiary/aromatic N) is 1. The van der Waals surface area contributed by atoms with E-state index in [1.54, 1.807) is 0 Å². The van der Waals surface area contributed by atoms with Crippen molar-refractivity contribution in [2.75, 3.05) is 13.1 Å². The Balaban J connectivity index is 2.03. The van der Waals surface area contributed by atoms with Crippen LogP contribution < -0.4 is 0 Å². The third kappa shape index (κ3) is 4.08. The average Bonchev–Trinajstić information content (AvgIpc) is 2.48. The molecule has 1 fully saturated rings. The van der Waals surface area contributed by atoms with Crippen molar-refractivity contribution >= 4 is 11.9 Å². The van der Waals surface area contributed by atoms with E-state index in [0.29, 0.717) is 0 Å². The summed E-state index contributed by atoms with van der Waals surface area (Å²) in [5.74, 6) is -1.01. The van der Waals surface area contributed by atoms with E-state index in [1.165, 1.54) is 6.42 Å². The van der Waals surface area contributed by atoms with Gasteiger partial charge in [-0.3, -0.25) is 9.59 Å². The topological polar surface area (TPSA) is 57.6 Å². The maximum absolute atomic E-state index is 12.3. The quantitative estimate of drug-likeness (QED) is 0.898. The number of amides is 1.